The van der Waals surface area contributed by atoms with E-state index in [0.717, 1.165) is 36.8 Å². The van der Waals surface area contributed by atoms with E-state index in [1.54, 1.807) is 12.1 Å². The van der Waals surface area contributed by atoms with Crippen LogP contribution in [0.25, 0.3) is 0 Å². The molecule has 1 aromatic carbocycles. The Bertz CT molecular complexity index is 554. The number of nitrogens with zero attached hydrogens (tertiary/aromatic N) is 1. The van der Waals surface area contributed by atoms with Crippen LogP contribution in [0.5, 0.6) is 5.75 Å². The first kappa shape index (κ1) is 17.1. The summed E-state index contributed by atoms with van der Waals surface area (Å²) >= 11 is 0. The number of imide groups is 1. The number of nitrogens with one attached hydrogen (secondary N) is 3. The van der Waals surface area contributed by atoms with Crippen molar-refractivity contribution in [2.24, 2.45) is 0 Å². The van der Waals surface area contributed by atoms with Crippen molar-refractivity contribution in [3.8, 4) is 5.75 Å². The third kappa shape index (κ3) is 5.14. The van der Waals surface area contributed by atoms with Gasteiger partial charge in [-0.25, -0.2) is 4.79 Å². The van der Waals surface area contributed by atoms with Crippen LogP contribution in [0.15, 0.2) is 24.3 Å². The Morgan fingerprint density at radius 3 is 2.52 bits per heavy atom. The van der Waals surface area contributed by atoms with Crippen LogP contribution in [0.4, 0.5) is 10.5 Å². The summed E-state index contributed by atoms with van der Waals surface area (Å²) in [5.74, 6) is 0.00760. The molecular formula is C16H25N4O3+. The summed E-state index contributed by atoms with van der Waals surface area (Å²) in [7, 11) is 0. The first-order valence-corrected chi connectivity index (χ1v) is 7.92. The molecule has 1 saturated heterocycles. The van der Waals surface area contributed by atoms with E-state index in [1.807, 2.05) is 26.0 Å². The van der Waals surface area contributed by atoms with Crippen molar-refractivity contribution in [2.75, 3.05) is 37.6 Å². The summed E-state index contributed by atoms with van der Waals surface area (Å²) in [4.78, 5) is 26.6. The minimum Gasteiger partial charge on any atom is -0.506 e. The van der Waals surface area contributed by atoms with Gasteiger partial charge in [-0.05, 0) is 26.0 Å². The van der Waals surface area contributed by atoms with Gasteiger partial charge in [-0.2, -0.15) is 0 Å². The second-order valence-corrected chi connectivity index (χ2v) is 6.08. The highest BCUT2D eigenvalue weighted by molar-refractivity contribution is 5.94. The second kappa shape index (κ2) is 7.82. The molecule has 7 nitrogen and oxygen atoms in total. The lowest BCUT2D eigenvalue weighted by atomic mass is 10.2. The third-order valence-corrected chi connectivity index (χ3v) is 3.78. The number of para-hydroxylation sites is 2. The summed E-state index contributed by atoms with van der Waals surface area (Å²) in [5, 5.41) is 14.9. The number of carbonyl (C=O) groups is 2. The number of carbonyl (C=O) groups excluding carboxylic acids is 2. The van der Waals surface area contributed by atoms with Gasteiger partial charge in [-0.15, -0.1) is 0 Å². The number of quaternary nitrogens is 1. The number of phenols is 1. The number of amides is 3. The predicted octanol–water partition coefficient (Wildman–Crippen LogP) is -0.669. The Kier molecular flexibility index (Phi) is 5.81. The zero-order valence-corrected chi connectivity index (χ0v) is 13.6. The molecule has 0 saturated carbocycles. The fourth-order valence-corrected chi connectivity index (χ4v) is 2.67. The van der Waals surface area contributed by atoms with E-state index in [9.17, 15) is 14.7 Å². The quantitative estimate of drug-likeness (QED) is 0.593. The largest absolute Gasteiger partial charge is 0.506 e. The number of phenolic OH excluding ortho intramolecular Hbond substituents is 1. The zero-order chi connectivity index (χ0) is 16.8. The van der Waals surface area contributed by atoms with Gasteiger partial charge in [0.25, 0.3) is 5.91 Å². The van der Waals surface area contributed by atoms with Crippen molar-refractivity contribution in [1.29, 1.82) is 0 Å². The number of aromatic hydroxyl groups is 1. The van der Waals surface area contributed by atoms with Gasteiger partial charge in [-0.1, -0.05) is 12.1 Å². The monoisotopic (exact) mass is 321 g/mol. The lowest BCUT2D eigenvalue weighted by Crippen LogP contribution is -3.16. The van der Waals surface area contributed by atoms with Crippen LogP contribution in [0.3, 0.4) is 0 Å². The normalized spacial score (nSPS) is 15.5. The lowest BCUT2D eigenvalue weighted by Gasteiger charge is -2.33. The van der Waals surface area contributed by atoms with Gasteiger partial charge >= 0.3 is 6.03 Å². The highest BCUT2D eigenvalue weighted by Gasteiger charge is 2.24. The average Bonchev–Trinajstić information content (AvgIpc) is 2.47. The Labute approximate surface area is 136 Å². The molecule has 3 amide bonds. The summed E-state index contributed by atoms with van der Waals surface area (Å²) in [6.45, 7) is 7.05. The van der Waals surface area contributed by atoms with Gasteiger partial charge in [0.1, 0.15) is 5.75 Å². The minimum absolute atomic E-state index is 0.00255. The molecule has 126 valence electrons. The highest BCUT2D eigenvalue weighted by Crippen LogP contribution is 2.25. The molecule has 23 heavy (non-hydrogen) atoms. The van der Waals surface area contributed by atoms with E-state index in [1.165, 1.54) is 0 Å². The Morgan fingerprint density at radius 1 is 1.26 bits per heavy atom. The SMILES string of the molecule is CC(C)NC(=O)NC(=O)C[NH+]1CCN(c2ccccc2O)CC1. The number of rotatable bonds is 4. The van der Waals surface area contributed by atoms with Crippen molar-refractivity contribution in [2.45, 2.75) is 19.9 Å². The van der Waals surface area contributed by atoms with Gasteiger partial charge in [0.15, 0.2) is 6.54 Å². The average molecular weight is 321 g/mol. The molecule has 2 rings (SSSR count). The minimum atomic E-state index is -0.447. The van der Waals surface area contributed by atoms with Crippen LogP contribution >= 0.6 is 0 Å². The molecule has 0 spiro atoms. The highest BCUT2D eigenvalue weighted by atomic mass is 16.3. The fraction of sp³-hybridized carbons (Fsp3) is 0.500. The van der Waals surface area contributed by atoms with Gasteiger partial charge in [0.2, 0.25) is 0 Å². The predicted molar refractivity (Wildman–Crippen MR) is 87.7 cm³/mol. The molecule has 0 bridgehead atoms. The number of hydrogen-bond donors (Lipinski definition) is 4. The summed E-state index contributed by atoms with van der Waals surface area (Å²) in [6, 6.07) is 6.81. The van der Waals surface area contributed by atoms with E-state index in [2.05, 4.69) is 15.5 Å². The first-order valence-electron chi connectivity index (χ1n) is 7.92. The van der Waals surface area contributed by atoms with Gasteiger partial charge in [0, 0.05) is 6.04 Å². The molecule has 0 aliphatic carbocycles. The maximum atomic E-state index is 11.9. The van der Waals surface area contributed by atoms with E-state index >= 15 is 0 Å². The number of hydrogen-bond acceptors (Lipinski definition) is 4. The molecule has 1 aliphatic heterocycles. The van der Waals surface area contributed by atoms with Crippen LogP contribution in [0.1, 0.15) is 13.8 Å². The molecular weight excluding hydrogens is 296 g/mol. The molecule has 4 N–H and O–H groups in total. The summed E-state index contributed by atoms with van der Waals surface area (Å²) in [6.07, 6.45) is 0. The van der Waals surface area contributed by atoms with Crippen molar-refractivity contribution in [3.05, 3.63) is 24.3 Å². The molecule has 0 aromatic heterocycles. The lowest BCUT2D eigenvalue weighted by molar-refractivity contribution is -0.892. The van der Waals surface area contributed by atoms with Crippen molar-refractivity contribution in [1.82, 2.24) is 10.6 Å². The summed E-state index contributed by atoms with van der Waals surface area (Å²) in [5.41, 5.74) is 0.826. The van der Waals surface area contributed by atoms with E-state index in [-0.39, 0.29) is 24.2 Å². The van der Waals surface area contributed by atoms with Crippen molar-refractivity contribution >= 4 is 17.6 Å². The maximum Gasteiger partial charge on any atom is 0.321 e. The molecule has 7 heteroatoms. The number of benzene rings is 1. The van der Waals surface area contributed by atoms with Crippen molar-refractivity contribution in [3.63, 3.8) is 0 Å². The molecule has 1 aromatic rings. The van der Waals surface area contributed by atoms with E-state index in [4.69, 9.17) is 0 Å². The topological polar surface area (TPSA) is 86.1 Å². The number of anilines is 1. The summed E-state index contributed by atoms with van der Waals surface area (Å²) < 4.78 is 0. The maximum absolute atomic E-state index is 11.9. The standard InChI is InChI=1S/C16H24N4O3/c1-12(2)17-16(23)18-15(22)11-19-7-9-20(10-8-19)13-5-3-4-6-14(13)21/h3-6,12,21H,7-11H2,1-2H3,(H2,17,18,22,23)/p+1. The second-order valence-electron chi connectivity index (χ2n) is 6.08. The van der Waals surface area contributed by atoms with Gasteiger partial charge < -0.3 is 20.2 Å². The van der Waals surface area contributed by atoms with Gasteiger partial charge in [0.05, 0.1) is 31.9 Å². The first-order chi connectivity index (χ1) is 11.0. The van der Waals surface area contributed by atoms with E-state index < -0.39 is 6.03 Å². The Hall–Kier alpha value is -2.28. The zero-order valence-electron chi connectivity index (χ0n) is 13.6. The van der Waals surface area contributed by atoms with Crippen LogP contribution < -0.4 is 20.4 Å². The van der Waals surface area contributed by atoms with E-state index in [0.29, 0.717) is 0 Å². The fourth-order valence-electron chi connectivity index (χ4n) is 2.67. The molecule has 1 heterocycles. The smallest absolute Gasteiger partial charge is 0.321 e. The van der Waals surface area contributed by atoms with Crippen molar-refractivity contribution < 1.29 is 19.6 Å². The third-order valence-electron chi connectivity index (χ3n) is 3.78. The van der Waals surface area contributed by atoms with Crippen LogP contribution in [-0.2, 0) is 4.79 Å². The van der Waals surface area contributed by atoms with Crippen LogP contribution in [0, 0.1) is 0 Å². The molecule has 0 radical (unpaired) electrons. The molecule has 1 aliphatic rings. The number of piperazine rings is 1. The van der Waals surface area contributed by atoms with Gasteiger partial charge in [-0.3, -0.25) is 10.1 Å². The molecule has 0 unspecified atom stereocenters. The molecule has 0 atom stereocenters. The van der Waals surface area contributed by atoms with Crippen LogP contribution in [0.2, 0.25) is 0 Å². The van der Waals surface area contributed by atoms with Crippen LogP contribution in [-0.4, -0.2) is 55.8 Å². The molecule has 1 fully saturated rings. The Balaban J connectivity index is 1.77. The number of urea groups is 1. The Morgan fingerprint density at radius 2 is 1.91 bits per heavy atom.